The van der Waals surface area contributed by atoms with Gasteiger partial charge in [0, 0.05) is 31.5 Å². The number of sulfonamides is 1. The molecule has 0 aromatic heterocycles. The Kier molecular flexibility index (Phi) is 10.0. The molecule has 0 bridgehead atoms. The van der Waals surface area contributed by atoms with E-state index in [2.05, 4.69) is 12.2 Å². The summed E-state index contributed by atoms with van der Waals surface area (Å²) in [6, 6.07) is 6.46. The summed E-state index contributed by atoms with van der Waals surface area (Å²) in [5.41, 5.74) is 6.01. The number of likely N-dealkylation sites (tertiary alicyclic amines) is 1. The monoisotopic (exact) mass is 564 g/mol. The summed E-state index contributed by atoms with van der Waals surface area (Å²) < 4.78 is 31.8. The number of benzene rings is 1. The fraction of sp³-hybridized carbons (Fsp3) is 0.679. The molecule has 1 aromatic carbocycles. The van der Waals surface area contributed by atoms with Gasteiger partial charge in [-0.15, -0.1) is 0 Å². The highest BCUT2D eigenvalue weighted by Gasteiger charge is 2.48. The van der Waals surface area contributed by atoms with Crippen molar-refractivity contribution in [2.24, 2.45) is 5.73 Å². The standard InChI is InChI=1S/C28H44N4O6S/c1-5-6-7-8-9-14-24(33)38-19-22(30-26(35)27(2,3)29)25(34)31-17-15-28(16-18-31)20-32(39(4,36)37)23-13-11-10-12-21(23)28/h10-13,22H,5-9,14-20,29H2,1-4H3,(H,30,35)/t22-/m0/s1. The van der Waals surface area contributed by atoms with Crippen LogP contribution >= 0.6 is 0 Å². The van der Waals surface area contributed by atoms with Gasteiger partial charge in [0.1, 0.15) is 12.6 Å². The van der Waals surface area contributed by atoms with Crippen molar-refractivity contribution in [1.82, 2.24) is 10.2 Å². The number of carbonyl (C=O) groups is 3. The first-order chi connectivity index (χ1) is 18.3. The molecule has 11 heteroatoms. The van der Waals surface area contributed by atoms with E-state index in [9.17, 15) is 22.8 Å². The number of nitrogens with zero attached hydrogens (tertiary/aromatic N) is 2. The van der Waals surface area contributed by atoms with Crippen molar-refractivity contribution in [2.75, 3.05) is 36.8 Å². The van der Waals surface area contributed by atoms with Crippen LogP contribution in [0.2, 0.25) is 0 Å². The third-order valence-corrected chi connectivity index (χ3v) is 8.83. The van der Waals surface area contributed by atoms with Crippen LogP contribution in [0.25, 0.3) is 0 Å². The van der Waals surface area contributed by atoms with Crippen LogP contribution in [-0.4, -0.2) is 75.2 Å². The third-order valence-electron chi connectivity index (χ3n) is 7.71. The zero-order valence-corrected chi connectivity index (χ0v) is 24.5. The second kappa shape index (κ2) is 12.7. The summed E-state index contributed by atoms with van der Waals surface area (Å²) in [6.45, 7) is 6.06. The molecule has 1 saturated heterocycles. The lowest BCUT2D eigenvalue weighted by molar-refractivity contribution is -0.149. The molecule has 1 fully saturated rings. The normalized spacial score (nSPS) is 17.6. The lowest BCUT2D eigenvalue weighted by Gasteiger charge is -2.41. The van der Waals surface area contributed by atoms with Gasteiger partial charge in [-0.2, -0.15) is 0 Å². The van der Waals surface area contributed by atoms with Crippen molar-refractivity contribution in [3.63, 3.8) is 0 Å². The summed E-state index contributed by atoms with van der Waals surface area (Å²) in [5.74, 6) is -1.26. The van der Waals surface area contributed by atoms with E-state index >= 15 is 0 Å². The molecule has 2 heterocycles. The van der Waals surface area contributed by atoms with Gasteiger partial charge in [-0.1, -0.05) is 50.8 Å². The first-order valence-electron chi connectivity index (χ1n) is 13.9. The Labute approximate surface area is 232 Å². The maximum absolute atomic E-state index is 13.6. The molecular weight excluding hydrogens is 520 g/mol. The number of piperidine rings is 1. The molecule has 0 radical (unpaired) electrons. The number of hydrogen-bond donors (Lipinski definition) is 2. The van der Waals surface area contributed by atoms with Gasteiger partial charge < -0.3 is 20.7 Å². The molecule has 2 aliphatic rings. The Morgan fingerprint density at radius 1 is 1.10 bits per heavy atom. The van der Waals surface area contributed by atoms with E-state index in [1.54, 1.807) is 18.7 Å². The molecule has 2 amide bonds. The molecule has 0 unspecified atom stereocenters. The van der Waals surface area contributed by atoms with Crippen molar-refractivity contribution >= 4 is 33.5 Å². The second-order valence-corrected chi connectivity index (χ2v) is 13.4. The predicted octanol–water partition coefficient (Wildman–Crippen LogP) is 2.45. The van der Waals surface area contributed by atoms with Crippen LogP contribution in [0.1, 0.15) is 77.7 Å². The topological polar surface area (TPSA) is 139 Å². The molecule has 3 N–H and O–H groups in total. The van der Waals surface area contributed by atoms with E-state index in [0.29, 0.717) is 38.2 Å². The molecular formula is C28H44N4O6S. The summed E-state index contributed by atoms with van der Waals surface area (Å²) in [6.07, 6.45) is 7.59. The summed E-state index contributed by atoms with van der Waals surface area (Å²) >= 11 is 0. The van der Waals surface area contributed by atoms with Crippen LogP contribution < -0.4 is 15.4 Å². The molecule has 2 aliphatic heterocycles. The smallest absolute Gasteiger partial charge is 0.305 e. The molecule has 1 spiro atoms. The number of para-hydroxylation sites is 1. The van der Waals surface area contributed by atoms with Crippen molar-refractivity contribution in [2.45, 2.75) is 89.1 Å². The minimum Gasteiger partial charge on any atom is -0.463 e. The average Bonchev–Trinajstić information content (AvgIpc) is 3.20. The van der Waals surface area contributed by atoms with Crippen LogP contribution in [0.5, 0.6) is 0 Å². The number of nitrogens with one attached hydrogen (secondary N) is 1. The number of nitrogens with two attached hydrogens (primary N) is 1. The van der Waals surface area contributed by atoms with Gasteiger partial charge in [0.05, 0.1) is 17.5 Å². The lowest BCUT2D eigenvalue weighted by atomic mass is 9.74. The summed E-state index contributed by atoms with van der Waals surface area (Å²) in [4.78, 5) is 40.2. The fourth-order valence-electron chi connectivity index (χ4n) is 5.32. The maximum Gasteiger partial charge on any atom is 0.305 e. The minimum absolute atomic E-state index is 0.263. The maximum atomic E-state index is 13.6. The number of anilines is 1. The van der Waals surface area contributed by atoms with Crippen molar-refractivity contribution in [3.8, 4) is 0 Å². The van der Waals surface area contributed by atoms with E-state index in [4.69, 9.17) is 10.5 Å². The first kappa shape index (κ1) is 30.9. The van der Waals surface area contributed by atoms with E-state index in [-0.39, 0.29) is 18.9 Å². The molecule has 1 aromatic rings. The molecule has 3 rings (SSSR count). The van der Waals surface area contributed by atoms with Crippen LogP contribution in [0, 0.1) is 0 Å². The van der Waals surface area contributed by atoms with Crippen LogP contribution in [0.4, 0.5) is 5.69 Å². The third kappa shape index (κ3) is 7.72. The lowest BCUT2D eigenvalue weighted by Crippen LogP contribution is -2.59. The Balaban J connectivity index is 1.66. The predicted molar refractivity (Wildman–Crippen MR) is 151 cm³/mol. The van der Waals surface area contributed by atoms with E-state index in [1.165, 1.54) is 10.6 Å². The number of fused-ring (bicyclic) bond motifs is 2. The van der Waals surface area contributed by atoms with E-state index < -0.39 is 38.9 Å². The highest BCUT2D eigenvalue weighted by Crippen LogP contribution is 2.47. The van der Waals surface area contributed by atoms with Gasteiger partial charge in [-0.25, -0.2) is 8.42 Å². The Bertz CT molecular complexity index is 1140. The van der Waals surface area contributed by atoms with Gasteiger partial charge in [0.25, 0.3) is 0 Å². The number of ether oxygens (including phenoxy) is 1. The van der Waals surface area contributed by atoms with Crippen LogP contribution in [0.3, 0.4) is 0 Å². The number of carbonyl (C=O) groups excluding carboxylic acids is 3. The Hall–Kier alpha value is -2.66. The average molecular weight is 565 g/mol. The van der Waals surface area contributed by atoms with E-state index in [1.807, 2.05) is 24.3 Å². The molecule has 218 valence electrons. The number of unbranched alkanes of at least 4 members (excludes halogenated alkanes) is 4. The zero-order chi connectivity index (χ0) is 28.8. The Morgan fingerprint density at radius 2 is 1.74 bits per heavy atom. The van der Waals surface area contributed by atoms with Crippen LogP contribution in [0.15, 0.2) is 24.3 Å². The largest absolute Gasteiger partial charge is 0.463 e. The fourth-order valence-corrected chi connectivity index (χ4v) is 6.32. The summed E-state index contributed by atoms with van der Waals surface area (Å²) in [7, 11) is -3.44. The van der Waals surface area contributed by atoms with Gasteiger partial charge in [0.15, 0.2) is 0 Å². The van der Waals surface area contributed by atoms with Crippen molar-refractivity contribution in [3.05, 3.63) is 29.8 Å². The van der Waals surface area contributed by atoms with Crippen molar-refractivity contribution < 1.29 is 27.5 Å². The highest BCUT2D eigenvalue weighted by atomic mass is 32.2. The van der Waals surface area contributed by atoms with Gasteiger partial charge in [-0.3, -0.25) is 18.7 Å². The first-order valence-corrected chi connectivity index (χ1v) is 15.7. The quantitative estimate of drug-likeness (QED) is 0.294. The van der Waals surface area contributed by atoms with Gasteiger partial charge >= 0.3 is 5.97 Å². The summed E-state index contributed by atoms with van der Waals surface area (Å²) in [5, 5.41) is 2.68. The minimum atomic E-state index is -3.44. The number of esters is 1. The number of hydrogen-bond acceptors (Lipinski definition) is 7. The molecule has 0 saturated carbocycles. The van der Waals surface area contributed by atoms with E-state index in [0.717, 1.165) is 37.7 Å². The SMILES string of the molecule is CCCCCCCC(=O)OC[C@H](NC(=O)C(C)(C)N)C(=O)N1CCC2(CC1)CN(S(C)(=O)=O)c1ccccc12. The molecule has 10 nitrogen and oxygen atoms in total. The number of rotatable bonds is 12. The zero-order valence-electron chi connectivity index (χ0n) is 23.7. The molecule has 0 aliphatic carbocycles. The molecule has 1 atom stereocenters. The van der Waals surface area contributed by atoms with Crippen molar-refractivity contribution in [1.29, 1.82) is 0 Å². The van der Waals surface area contributed by atoms with Gasteiger partial charge in [-0.05, 0) is 44.7 Å². The second-order valence-electron chi connectivity index (χ2n) is 11.5. The number of amides is 2. The molecule has 39 heavy (non-hydrogen) atoms. The Morgan fingerprint density at radius 3 is 2.36 bits per heavy atom. The van der Waals surface area contributed by atoms with Gasteiger partial charge in [0.2, 0.25) is 21.8 Å². The highest BCUT2D eigenvalue weighted by molar-refractivity contribution is 7.92. The van der Waals surface area contributed by atoms with Crippen LogP contribution in [-0.2, 0) is 34.6 Å².